The van der Waals surface area contributed by atoms with Crippen LogP contribution in [0.1, 0.15) is 83.8 Å². The number of carbonyl (C=O) groups is 1. The van der Waals surface area contributed by atoms with Gasteiger partial charge in [0.1, 0.15) is 11.5 Å². The van der Waals surface area contributed by atoms with Gasteiger partial charge in [-0.1, -0.05) is 47.5 Å². The highest BCUT2D eigenvalue weighted by Gasteiger charge is 2.50. The van der Waals surface area contributed by atoms with Crippen molar-refractivity contribution in [1.29, 1.82) is 0 Å². The van der Waals surface area contributed by atoms with E-state index in [4.69, 9.17) is 4.74 Å². The van der Waals surface area contributed by atoms with Crippen LogP contribution in [0.5, 0.6) is 11.5 Å². The van der Waals surface area contributed by atoms with Gasteiger partial charge in [-0.2, -0.15) is 0 Å². The van der Waals surface area contributed by atoms with Gasteiger partial charge in [0.2, 0.25) is 0 Å². The standard InChI is InChI=1S/C21H30O3/c1-6-7-9-20(2,3)13-11-15(22)17-14-8-10-21(4,5)19(23)18(14)24-16(17)12-13/h11-12,14,18,22H,6-10H2,1-5H3. The number of hydrogen-bond donors (Lipinski definition) is 1. The highest BCUT2D eigenvalue weighted by Crippen LogP contribution is 2.53. The van der Waals surface area contributed by atoms with Crippen molar-refractivity contribution in [2.45, 2.75) is 84.2 Å². The number of Topliss-reactive ketones (excluding diaryl/α,β-unsaturated/α-hetero) is 1. The van der Waals surface area contributed by atoms with Crippen LogP contribution in [0, 0.1) is 5.41 Å². The lowest BCUT2D eigenvalue weighted by Gasteiger charge is -2.34. The zero-order valence-electron chi connectivity index (χ0n) is 15.6. The molecule has 1 aromatic carbocycles. The molecule has 1 saturated carbocycles. The predicted octanol–water partition coefficient (Wildman–Crippen LogP) is 5.09. The fourth-order valence-corrected chi connectivity index (χ4v) is 4.16. The Hall–Kier alpha value is -1.51. The van der Waals surface area contributed by atoms with E-state index in [9.17, 15) is 9.90 Å². The number of hydrogen-bond acceptors (Lipinski definition) is 3. The van der Waals surface area contributed by atoms with Gasteiger partial charge in [-0.25, -0.2) is 0 Å². The number of benzene rings is 1. The van der Waals surface area contributed by atoms with E-state index in [-0.39, 0.29) is 22.5 Å². The molecule has 3 rings (SSSR count). The molecule has 0 spiro atoms. The first-order valence-corrected chi connectivity index (χ1v) is 9.26. The topological polar surface area (TPSA) is 46.5 Å². The summed E-state index contributed by atoms with van der Waals surface area (Å²) in [6, 6.07) is 3.95. The van der Waals surface area contributed by atoms with E-state index in [0.717, 1.165) is 49.0 Å². The second kappa shape index (κ2) is 5.79. The summed E-state index contributed by atoms with van der Waals surface area (Å²) >= 11 is 0. The van der Waals surface area contributed by atoms with Gasteiger partial charge in [-0.05, 0) is 42.4 Å². The summed E-state index contributed by atoms with van der Waals surface area (Å²) in [6.07, 6.45) is 4.69. The van der Waals surface area contributed by atoms with Crippen LogP contribution in [-0.2, 0) is 10.2 Å². The summed E-state index contributed by atoms with van der Waals surface area (Å²) in [5.41, 5.74) is 1.60. The maximum Gasteiger partial charge on any atom is 0.179 e. The highest BCUT2D eigenvalue weighted by molar-refractivity contribution is 5.91. The van der Waals surface area contributed by atoms with Crippen LogP contribution in [0.25, 0.3) is 0 Å². The monoisotopic (exact) mass is 330 g/mol. The minimum Gasteiger partial charge on any atom is -0.508 e. The minimum atomic E-state index is -0.427. The molecule has 2 atom stereocenters. The minimum absolute atomic E-state index is 0.00771. The highest BCUT2D eigenvalue weighted by atomic mass is 16.5. The van der Waals surface area contributed by atoms with Crippen molar-refractivity contribution in [2.75, 3.05) is 0 Å². The van der Waals surface area contributed by atoms with E-state index in [1.807, 2.05) is 19.9 Å². The molecule has 1 N–H and O–H groups in total. The molecule has 2 unspecified atom stereocenters. The summed E-state index contributed by atoms with van der Waals surface area (Å²) < 4.78 is 6.07. The molecule has 0 radical (unpaired) electrons. The van der Waals surface area contributed by atoms with Crippen LogP contribution in [0.2, 0.25) is 0 Å². The third-order valence-corrected chi connectivity index (χ3v) is 6.05. The normalized spacial score (nSPS) is 25.1. The second-order valence-corrected chi connectivity index (χ2v) is 8.83. The number of rotatable bonds is 4. The molecule has 0 saturated heterocycles. The van der Waals surface area contributed by atoms with Crippen LogP contribution >= 0.6 is 0 Å². The molecule has 2 aliphatic rings. The van der Waals surface area contributed by atoms with Gasteiger partial charge in [0.25, 0.3) is 0 Å². The number of phenolic OH excluding ortho intramolecular Hbond substituents is 1. The number of unbranched alkanes of at least 4 members (excludes halogenated alkanes) is 1. The third kappa shape index (κ3) is 2.72. The van der Waals surface area contributed by atoms with Gasteiger partial charge >= 0.3 is 0 Å². The van der Waals surface area contributed by atoms with Crippen LogP contribution in [0.15, 0.2) is 12.1 Å². The Kier molecular flexibility index (Phi) is 4.17. The van der Waals surface area contributed by atoms with E-state index in [1.54, 1.807) is 0 Å². The first-order valence-electron chi connectivity index (χ1n) is 9.26. The Labute approximate surface area is 145 Å². The quantitative estimate of drug-likeness (QED) is 0.836. The number of aromatic hydroxyl groups is 1. The van der Waals surface area contributed by atoms with Crippen molar-refractivity contribution in [2.24, 2.45) is 5.41 Å². The Morgan fingerprint density at radius 1 is 1.33 bits per heavy atom. The zero-order valence-corrected chi connectivity index (χ0v) is 15.6. The molecule has 0 aromatic heterocycles. The summed E-state index contributed by atoms with van der Waals surface area (Å²) in [5.74, 6) is 1.19. The van der Waals surface area contributed by atoms with Crippen molar-refractivity contribution in [3.8, 4) is 11.5 Å². The number of ketones is 1. The Balaban J connectivity index is 1.95. The first-order chi connectivity index (χ1) is 11.2. The molecule has 1 heterocycles. The number of ether oxygens (including phenoxy) is 1. The van der Waals surface area contributed by atoms with Crippen LogP contribution < -0.4 is 4.74 Å². The van der Waals surface area contributed by atoms with Crippen molar-refractivity contribution in [3.63, 3.8) is 0 Å². The maximum absolute atomic E-state index is 12.7. The van der Waals surface area contributed by atoms with E-state index in [0.29, 0.717) is 5.75 Å². The maximum atomic E-state index is 12.7. The lowest BCUT2D eigenvalue weighted by atomic mass is 9.69. The number of fused-ring (bicyclic) bond motifs is 3. The first kappa shape index (κ1) is 17.3. The lowest BCUT2D eigenvalue weighted by Crippen LogP contribution is -2.43. The molecule has 1 aromatic rings. The Morgan fingerprint density at radius 2 is 2.04 bits per heavy atom. The van der Waals surface area contributed by atoms with Gasteiger partial charge < -0.3 is 9.84 Å². The molecular weight excluding hydrogens is 300 g/mol. The van der Waals surface area contributed by atoms with Crippen molar-refractivity contribution in [1.82, 2.24) is 0 Å². The van der Waals surface area contributed by atoms with Crippen LogP contribution in [0.3, 0.4) is 0 Å². The van der Waals surface area contributed by atoms with Crippen LogP contribution in [0.4, 0.5) is 0 Å². The van der Waals surface area contributed by atoms with Gasteiger partial charge in [0, 0.05) is 16.9 Å². The summed E-state index contributed by atoms with van der Waals surface area (Å²) in [4.78, 5) is 12.7. The van der Waals surface area contributed by atoms with Gasteiger partial charge in [-0.15, -0.1) is 0 Å². The van der Waals surface area contributed by atoms with E-state index in [1.165, 1.54) is 0 Å². The average Bonchev–Trinajstić information content (AvgIpc) is 2.89. The van der Waals surface area contributed by atoms with E-state index in [2.05, 4.69) is 26.8 Å². The second-order valence-electron chi connectivity index (χ2n) is 8.83. The Bertz CT molecular complexity index is 657. The molecule has 1 aliphatic heterocycles. The van der Waals surface area contributed by atoms with Crippen molar-refractivity contribution in [3.05, 3.63) is 23.3 Å². The fraction of sp³-hybridized carbons (Fsp3) is 0.667. The molecular formula is C21H30O3. The molecule has 132 valence electrons. The van der Waals surface area contributed by atoms with E-state index < -0.39 is 6.10 Å². The average molecular weight is 330 g/mol. The van der Waals surface area contributed by atoms with Gasteiger partial charge in [0.15, 0.2) is 11.9 Å². The largest absolute Gasteiger partial charge is 0.508 e. The van der Waals surface area contributed by atoms with Crippen LogP contribution in [-0.4, -0.2) is 17.0 Å². The van der Waals surface area contributed by atoms with Crippen molar-refractivity contribution >= 4 is 5.78 Å². The fourth-order valence-electron chi connectivity index (χ4n) is 4.16. The molecule has 0 amide bonds. The molecule has 3 nitrogen and oxygen atoms in total. The summed E-state index contributed by atoms with van der Waals surface area (Å²) in [7, 11) is 0. The van der Waals surface area contributed by atoms with Gasteiger partial charge in [0.05, 0.1) is 0 Å². The lowest BCUT2D eigenvalue weighted by molar-refractivity contribution is -0.137. The molecule has 1 fully saturated rings. The third-order valence-electron chi connectivity index (χ3n) is 6.05. The smallest absolute Gasteiger partial charge is 0.179 e. The number of carbonyl (C=O) groups excluding carboxylic acids is 1. The zero-order chi connectivity index (χ0) is 17.7. The number of phenols is 1. The summed E-state index contributed by atoms with van der Waals surface area (Å²) in [5, 5.41) is 10.7. The summed E-state index contributed by atoms with van der Waals surface area (Å²) in [6.45, 7) is 10.6. The van der Waals surface area contributed by atoms with Gasteiger partial charge in [-0.3, -0.25) is 4.79 Å². The molecule has 3 heteroatoms. The van der Waals surface area contributed by atoms with E-state index >= 15 is 0 Å². The molecule has 0 bridgehead atoms. The molecule has 24 heavy (non-hydrogen) atoms. The van der Waals surface area contributed by atoms with Crippen molar-refractivity contribution < 1.29 is 14.6 Å². The Morgan fingerprint density at radius 3 is 2.71 bits per heavy atom. The predicted molar refractivity (Wildman–Crippen MR) is 95.8 cm³/mol. The SMILES string of the molecule is CCCCC(C)(C)c1cc(O)c2c(c1)OC1C(=O)C(C)(C)CCC21. The molecule has 1 aliphatic carbocycles.